The lowest BCUT2D eigenvalue weighted by atomic mass is 10.0. The van der Waals surface area contributed by atoms with Crippen LogP contribution in [0.25, 0.3) is 0 Å². The molecular formula is C30H37FN4O4S. The number of rotatable bonds is 11. The Bertz CT molecular complexity index is 1340. The van der Waals surface area contributed by atoms with E-state index < -0.39 is 10.0 Å². The lowest BCUT2D eigenvalue weighted by Gasteiger charge is -2.34. The Hall–Kier alpha value is -3.63. The predicted molar refractivity (Wildman–Crippen MR) is 157 cm³/mol. The number of halogens is 1. The second-order valence-electron chi connectivity index (χ2n) is 10.1. The fourth-order valence-corrected chi connectivity index (χ4v) is 5.20. The number of piperidine rings is 1. The maximum atomic E-state index is 13.4. The highest BCUT2D eigenvalue weighted by molar-refractivity contribution is 7.92. The minimum atomic E-state index is -3.32. The van der Waals surface area contributed by atoms with Crippen molar-refractivity contribution < 1.29 is 22.3 Å². The molecule has 0 bridgehead atoms. The van der Waals surface area contributed by atoms with E-state index in [-0.39, 0.29) is 17.9 Å². The van der Waals surface area contributed by atoms with E-state index in [1.807, 2.05) is 24.3 Å². The first-order valence-electron chi connectivity index (χ1n) is 13.6. The van der Waals surface area contributed by atoms with Gasteiger partial charge in [0.05, 0.1) is 6.26 Å². The number of carbonyl (C=O) groups is 1. The van der Waals surface area contributed by atoms with Crippen LogP contribution < -0.4 is 19.7 Å². The minimum Gasteiger partial charge on any atom is -0.457 e. The number of carbonyl (C=O) groups excluding carboxylic acids is 1. The lowest BCUT2D eigenvalue weighted by molar-refractivity contribution is 0.188. The summed E-state index contributed by atoms with van der Waals surface area (Å²) in [6, 6.07) is 20.7. The van der Waals surface area contributed by atoms with E-state index in [9.17, 15) is 17.6 Å². The lowest BCUT2D eigenvalue weighted by Crippen LogP contribution is -2.49. The summed E-state index contributed by atoms with van der Waals surface area (Å²) in [6.45, 7) is 5.24. The van der Waals surface area contributed by atoms with E-state index in [1.165, 1.54) is 17.7 Å². The summed E-state index contributed by atoms with van der Waals surface area (Å²) in [5.74, 6) is 0.997. The molecule has 2 amide bonds. The molecule has 2 N–H and O–H groups in total. The summed E-state index contributed by atoms with van der Waals surface area (Å²) in [7, 11) is -3.32. The first kappa shape index (κ1) is 29.4. The summed E-state index contributed by atoms with van der Waals surface area (Å²) in [4.78, 5) is 17.2. The normalized spacial score (nSPS) is 14.5. The van der Waals surface area contributed by atoms with E-state index in [0.29, 0.717) is 29.4 Å². The molecule has 40 heavy (non-hydrogen) atoms. The maximum Gasteiger partial charge on any atom is 0.322 e. The van der Waals surface area contributed by atoms with Crippen LogP contribution in [0.15, 0.2) is 72.8 Å². The van der Waals surface area contributed by atoms with Crippen LogP contribution in [0.2, 0.25) is 0 Å². The van der Waals surface area contributed by atoms with E-state index in [2.05, 4.69) is 21.9 Å². The number of unbranched alkanes of at least 4 members (excludes halogenated alkanes) is 1. The molecular weight excluding hydrogens is 531 g/mol. The summed E-state index contributed by atoms with van der Waals surface area (Å²) < 4.78 is 44.4. The molecule has 214 valence electrons. The van der Waals surface area contributed by atoms with Gasteiger partial charge in [0.25, 0.3) is 0 Å². The second kappa shape index (κ2) is 13.6. The number of ether oxygens (including phenoxy) is 1. The Morgan fingerprint density at radius 3 is 2.15 bits per heavy atom. The van der Waals surface area contributed by atoms with Crippen molar-refractivity contribution in [1.82, 2.24) is 10.2 Å². The van der Waals surface area contributed by atoms with Gasteiger partial charge in [0.15, 0.2) is 0 Å². The molecule has 1 heterocycles. The number of hydrogen-bond donors (Lipinski definition) is 2. The molecule has 3 aromatic carbocycles. The molecule has 0 aliphatic carbocycles. The van der Waals surface area contributed by atoms with Crippen LogP contribution in [0.1, 0.15) is 38.2 Å². The fraction of sp³-hybridized carbons (Fsp3) is 0.367. The molecule has 8 nitrogen and oxygen atoms in total. The molecule has 0 radical (unpaired) electrons. The van der Waals surface area contributed by atoms with Gasteiger partial charge >= 0.3 is 6.03 Å². The minimum absolute atomic E-state index is 0.100. The average Bonchev–Trinajstić information content (AvgIpc) is 2.92. The largest absolute Gasteiger partial charge is 0.457 e. The molecule has 4 rings (SSSR count). The van der Waals surface area contributed by atoms with Crippen molar-refractivity contribution in [2.75, 3.05) is 35.5 Å². The quantitative estimate of drug-likeness (QED) is 0.297. The van der Waals surface area contributed by atoms with Gasteiger partial charge in [-0.1, -0.05) is 25.5 Å². The number of likely N-dealkylation sites (tertiary alicyclic amines) is 1. The number of nitrogens with zero attached hydrogens (tertiary/aromatic N) is 2. The van der Waals surface area contributed by atoms with Crippen LogP contribution >= 0.6 is 0 Å². The number of benzene rings is 3. The predicted octanol–water partition coefficient (Wildman–Crippen LogP) is 5.97. The van der Waals surface area contributed by atoms with E-state index in [4.69, 9.17) is 4.74 Å². The van der Waals surface area contributed by atoms with E-state index >= 15 is 0 Å². The highest BCUT2D eigenvalue weighted by Gasteiger charge is 2.24. The number of anilines is 2. The molecule has 0 unspecified atom stereocenters. The summed E-state index contributed by atoms with van der Waals surface area (Å²) in [6.07, 6.45) is 4.68. The van der Waals surface area contributed by atoms with Crippen molar-refractivity contribution >= 4 is 27.4 Å². The van der Waals surface area contributed by atoms with Gasteiger partial charge in [0, 0.05) is 43.6 Å². The second-order valence-corrected chi connectivity index (χ2v) is 11.9. The van der Waals surface area contributed by atoms with Crippen LogP contribution in [0, 0.1) is 5.82 Å². The third-order valence-corrected chi connectivity index (χ3v) is 7.36. The number of nitrogens with one attached hydrogen (secondary N) is 2. The molecule has 0 atom stereocenters. The maximum absolute atomic E-state index is 13.4. The SMILES string of the molecule is CCCCN(C(=O)NC1CCN(Cc2ccc(Oc3ccc(NS(C)(=O)=O)cc3)cc2)CC1)c1ccc(F)cc1. The Morgan fingerprint density at radius 1 is 0.975 bits per heavy atom. The smallest absolute Gasteiger partial charge is 0.322 e. The summed E-state index contributed by atoms with van der Waals surface area (Å²) in [5.41, 5.74) is 2.36. The molecule has 0 aromatic heterocycles. The first-order chi connectivity index (χ1) is 19.2. The van der Waals surface area contributed by atoms with Crippen molar-refractivity contribution in [1.29, 1.82) is 0 Å². The highest BCUT2D eigenvalue weighted by atomic mass is 32.2. The van der Waals surface area contributed by atoms with Gasteiger partial charge in [-0.25, -0.2) is 17.6 Å². The first-order valence-corrected chi connectivity index (χ1v) is 15.5. The highest BCUT2D eigenvalue weighted by Crippen LogP contribution is 2.25. The monoisotopic (exact) mass is 568 g/mol. The number of amides is 2. The summed E-state index contributed by atoms with van der Waals surface area (Å²) >= 11 is 0. The Kier molecular flexibility index (Phi) is 10.0. The van der Waals surface area contributed by atoms with Gasteiger partial charge in [-0.3, -0.25) is 14.5 Å². The van der Waals surface area contributed by atoms with Crippen LogP contribution in [0.5, 0.6) is 11.5 Å². The van der Waals surface area contributed by atoms with Gasteiger partial charge in [-0.2, -0.15) is 0 Å². The van der Waals surface area contributed by atoms with Crippen LogP contribution in [0.4, 0.5) is 20.6 Å². The van der Waals surface area contributed by atoms with Crippen molar-refractivity contribution in [3.8, 4) is 11.5 Å². The standard InChI is InChI=1S/C30H37FN4O4S/c1-3-4-19-35(27-11-7-24(31)8-12-27)30(36)32-25-17-20-34(21-18-25)22-23-5-13-28(14-6-23)39-29-15-9-26(10-16-29)33-40(2,37)38/h5-16,25,33H,3-4,17-22H2,1-2H3,(H,32,36). The molecule has 10 heteroatoms. The zero-order chi connectivity index (χ0) is 28.5. The van der Waals surface area contributed by atoms with Crippen LogP contribution in [-0.2, 0) is 16.6 Å². The van der Waals surface area contributed by atoms with Crippen LogP contribution in [0.3, 0.4) is 0 Å². The summed E-state index contributed by atoms with van der Waals surface area (Å²) in [5, 5.41) is 3.19. The van der Waals surface area contributed by atoms with Crippen LogP contribution in [-0.4, -0.2) is 51.3 Å². The topological polar surface area (TPSA) is 91.0 Å². The molecule has 1 fully saturated rings. The molecule has 3 aromatic rings. The number of sulfonamides is 1. The Morgan fingerprint density at radius 2 is 1.57 bits per heavy atom. The van der Waals surface area contributed by atoms with Crippen molar-refractivity contribution in [3.05, 3.63) is 84.2 Å². The van der Waals surface area contributed by atoms with Gasteiger partial charge < -0.3 is 10.1 Å². The Labute approximate surface area is 236 Å². The third kappa shape index (κ3) is 8.96. The Balaban J connectivity index is 1.24. The van der Waals surface area contributed by atoms with Crippen molar-refractivity contribution in [3.63, 3.8) is 0 Å². The molecule has 1 aliphatic rings. The molecule has 1 aliphatic heterocycles. The zero-order valence-electron chi connectivity index (χ0n) is 23.0. The average molecular weight is 569 g/mol. The number of urea groups is 1. The van der Waals surface area contributed by atoms with Gasteiger partial charge in [-0.15, -0.1) is 0 Å². The molecule has 0 saturated carbocycles. The zero-order valence-corrected chi connectivity index (χ0v) is 23.8. The third-order valence-electron chi connectivity index (χ3n) is 6.76. The number of hydrogen-bond acceptors (Lipinski definition) is 5. The fourth-order valence-electron chi connectivity index (χ4n) is 4.64. The van der Waals surface area contributed by atoms with Gasteiger partial charge in [0.1, 0.15) is 17.3 Å². The van der Waals surface area contributed by atoms with Crippen molar-refractivity contribution in [2.24, 2.45) is 0 Å². The van der Waals surface area contributed by atoms with Gasteiger partial charge in [0.2, 0.25) is 10.0 Å². The van der Waals surface area contributed by atoms with Gasteiger partial charge in [-0.05, 0) is 85.5 Å². The van der Waals surface area contributed by atoms with E-state index in [1.54, 1.807) is 41.3 Å². The molecule has 0 spiro atoms. The molecule has 1 saturated heterocycles. The van der Waals surface area contributed by atoms with E-state index in [0.717, 1.165) is 51.6 Å². The van der Waals surface area contributed by atoms with Crippen molar-refractivity contribution in [2.45, 2.75) is 45.2 Å².